The minimum Gasteiger partial charge on any atom is -0.384 e. The minimum atomic E-state index is -3.47. The fourth-order valence-corrected chi connectivity index (χ4v) is 5.84. The summed E-state index contributed by atoms with van der Waals surface area (Å²) in [6, 6.07) is 7.27. The topological polar surface area (TPSA) is 74.2 Å². The van der Waals surface area contributed by atoms with Gasteiger partial charge in [0.2, 0.25) is 10.0 Å². The minimum absolute atomic E-state index is 0. The fourth-order valence-electron chi connectivity index (χ4n) is 4.11. The van der Waals surface area contributed by atoms with Crippen LogP contribution >= 0.6 is 24.0 Å². The van der Waals surface area contributed by atoms with Crippen molar-refractivity contribution in [2.75, 3.05) is 46.4 Å². The molecule has 1 aromatic carbocycles. The van der Waals surface area contributed by atoms with Crippen LogP contribution in [0.1, 0.15) is 38.2 Å². The van der Waals surface area contributed by atoms with Crippen LogP contribution in [-0.2, 0) is 21.3 Å². The predicted octanol–water partition coefficient (Wildman–Crippen LogP) is 2.91. The summed E-state index contributed by atoms with van der Waals surface area (Å²) >= 11 is 0. The number of aliphatic imine (C=N–C) groups is 1. The van der Waals surface area contributed by atoms with Crippen molar-refractivity contribution in [2.45, 2.75) is 44.0 Å². The van der Waals surface area contributed by atoms with Crippen molar-refractivity contribution >= 4 is 40.0 Å². The van der Waals surface area contributed by atoms with Crippen LogP contribution in [0.25, 0.3) is 0 Å². The van der Waals surface area contributed by atoms with Crippen LogP contribution in [0.5, 0.6) is 0 Å². The first-order valence-corrected chi connectivity index (χ1v) is 12.1. The highest BCUT2D eigenvalue weighted by molar-refractivity contribution is 14.0. The molecule has 1 unspecified atom stereocenters. The van der Waals surface area contributed by atoms with Crippen LogP contribution in [0.4, 0.5) is 0 Å². The van der Waals surface area contributed by atoms with Crippen molar-refractivity contribution in [3.63, 3.8) is 0 Å². The van der Waals surface area contributed by atoms with Gasteiger partial charge in [0.15, 0.2) is 5.96 Å². The van der Waals surface area contributed by atoms with Crippen LogP contribution in [0.15, 0.2) is 34.2 Å². The molecule has 30 heavy (non-hydrogen) atoms. The van der Waals surface area contributed by atoms with Gasteiger partial charge in [-0.25, -0.2) is 13.4 Å². The lowest BCUT2D eigenvalue weighted by atomic mass is 10.1. The number of piperidine rings is 1. The van der Waals surface area contributed by atoms with E-state index >= 15 is 0 Å². The van der Waals surface area contributed by atoms with Crippen LogP contribution in [-0.4, -0.2) is 70.0 Å². The second-order valence-corrected chi connectivity index (χ2v) is 9.71. The summed E-state index contributed by atoms with van der Waals surface area (Å²) in [5.41, 5.74) is 0.751. The lowest BCUT2D eigenvalue weighted by Crippen LogP contribution is -2.40. The van der Waals surface area contributed by atoms with Crippen LogP contribution in [0.2, 0.25) is 0 Å². The molecule has 2 heterocycles. The average molecular weight is 551 g/mol. The Morgan fingerprint density at radius 2 is 1.93 bits per heavy atom. The van der Waals surface area contributed by atoms with Crippen molar-refractivity contribution in [3.05, 3.63) is 29.8 Å². The molecule has 9 heteroatoms. The van der Waals surface area contributed by atoms with E-state index in [0.29, 0.717) is 30.4 Å². The molecule has 2 aliphatic rings. The van der Waals surface area contributed by atoms with Crippen molar-refractivity contribution in [2.24, 2.45) is 10.9 Å². The molecule has 7 nitrogen and oxygen atoms in total. The number of methoxy groups -OCH3 is 1. The summed E-state index contributed by atoms with van der Waals surface area (Å²) < 4.78 is 33.3. The molecule has 0 aliphatic carbocycles. The van der Waals surface area contributed by atoms with Gasteiger partial charge >= 0.3 is 0 Å². The number of nitrogens with one attached hydrogen (secondary N) is 1. The van der Waals surface area contributed by atoms with Crippen LogP contribution in [0.3, 0.4) is 0 Å². The van der Waals surface area contributed by atoms with Crippen molar-refractivity contribution < 1.29 is 13.2 Å². The Balaban J connectivity index is 0.00000320. The molecule has 170 valence electrons. The third-order valence-electron chi connectivity index (χ3n) is 5.63. The molecule has 0 bridgehead atoms. The number of sulfonamides is 1. The molecule has 3 rings (SSSR count). The van der Waals surface area contributed by atoms with Gasteiger partial charge in [-0.1, -0.05) is 24.6 Å². The van der Waals surface area contributed by atoms with Gasteiger partial charge in [-0.05, 0) is 37.8 Å². The summed E-state index contributed by atoms with van der Waals surface area (Å²) in [4.78, 5) is 7.42. The maximum Gasteiger partial charge on any atom is 0.243 e. The van der Waals surface area contributed by atoms with E-state index in [9.17, 15) is 8.42 Å². The lowest BCUT2D eigenvalue weighted by molar-refractivity contribution is 0.157. The van der Waals surface area contributed by atoms with Gasteiger partial charge < -0.3 is 15.0 Å². The zero-order valence-corrected chi connectivity index (χ0v) is 21.2. The Labute approximate surface area is 198 Å². The van der Waals surface area contributed by atoms with Crippen molar-refractivity contribution in [1.29, 1.82) is 0 Å². The molecule has 2 saturated heterocycles. The monoisotopic (exact) mass is 550 g/mol. The van der Waals surface area contributed by atoms with Crippen molar-refractivity contribution in [1.82, 2.24) is 14.5 Å². The third kappa shape index (κ3) is 6.30. The van der Waals surface area contributed by atoms with Gasteiger partial charge in [0.05, 0.1) is 18.0 Å². The second-order valence-electron chi connectivity index (χ2n) is 7.80. The van der Waals surface area contributed by atoms with Gasteiger partial charge in [-0.2, -0.15) is 4.31 Å². The zero-order chi connectivity index (χ0) is 20.7. The summed E-state index contributed by atoms with van der Waals surface area (Å²) in [6.45, 7) is 6.99. The summed E-state index contributed by atoms with van der Waals surface area (Å²) in [7, 11) is -1.74. The molecule has 1 aromatic rings. The molecule has 1 N–H and O–H groups in total. The molecule has 2 fully saturated rings. The number of guanidine groups is 1. The van der Waals surface area contributed by atoms with Crippen LogP contribution in [0, 0.1) is 5.92 Å². The molecular weight excluding hydrogens is 515 g/mol. The first-order chi connectivity index (χ1) is 14.1. The summed E-state index contributed by atoms with van der Waals surface area (Å²) in [5.74, 6) is 1.35. The van der Waals surface area contributed by atoms with E-state index in [1.165, 1.54) is 0 Å². The molecule has 1 atom stereocenters. The number of hydrogen-bond acceptors (Lipinski definition) is 4. The molecule has 0 radical (unpaired) electrons. The van der Waals surface area contributed by atoms with E-state index in [4.69, 9.17) is 9.73 Å². The number of rotatable bonds is 7. The number of benzene rings is 1. The van der Waals surface area contributed by atoms with Gasteiger partial charge in [0.25, 0.3) is 0 Å². The molecular formula is C21H35IN4O3S. The normalized spacial score (nSPS) is 20.8. The highest BCUT2D eigenvalue weighted by atomic mass is 127. The second kappa shape index (κ2) is 12.2. The van der Waals surface area contributed by atoms with Crippen LogP contribution < -0.4 is 5.32 Å². The van der Waals surface area contributed by atoms with Gasteiger partial charge in [-0.15, -0.1) is 24.0 Å². The Kier molecular flexibility index (Phi) is 10.3. The molecule has 0 spiro atoms. The van der Waals surface area contributed by atoms with Gasteiger partial charge in [0, 0.05) is 45.8 Å². The number of halogens is 1. The molecule has 0 aromatic heterocycles. The van der Waals surface area contributed by atoms with E-state index in [-0.39, 0.29) is 24.0 Å². The van der Waals surface area contributed by atoms with Crippen molar-refractivity contribution in [3.8, 4) is 0 Å². The first kappa shape index (κ1) is 25.4. The lowest BCUT2D eigenvalue weighted by Gasteiger charge is -2.27. The predicted molar refractivity (Wildman–Crippen MR) is 131 cm³/mol. The van der Waals surface area contributed by atoms with E-state index < -0.39 is 10.0 Å². The first-order valence-electron chi connectivity index (χ1n) is 10.7. The number of likely N-dealkylation sites (tertiary alicyclic amines) is 1. The smallest absolute Gasteiger partial charge is 0.243 e. The van der Waals surface area contributed by atoms with Gasteiger partial charge in [0.1, 0.15) is 0 Å². The third-order valence-corrected chi connectivity index (χ3v) is 7.63. The number of nitrogens with zero attached hydrogens (tertiary/aromatic N) is 3. The summed E-state index contributed by atoms with van der Waals surface area (Å²) in [5, 5.41) is 3.35. The number of ether oxygens (including phenoxy) is 1. The zero-order valence-electron chi connectivity index (χ0n) is 18.0. The average Bonchev–Trinajstić information content (AvgIpc) is 3.21. The quantitative estimate of drug-likeness (QED) is 0.321. The van der Waals surface area contributed by atoms with E-state index in [1.54, 1.807) is 23.5 Å². The number of hydrogen-bond donors (Lipinski definition) is 1. The Morgan fingerprint density at radius 1 is 1.20 bits per heavy atom. The summed E-state index contributed by atoms with van der Waals surface area (Å²) in [6.07, 6.45) is 4.05. The highest BCUT2D eigenvalue weighted by Gasteiger charge is 2.28. The maximum absolute atomic E-state index is 13.2. The standard InChI is InChI=1S/C21H34N4O3S.HI/c1-3-22-21(24-14-11-18(16-24)17-28-2)23-15-19-9-5-6-10-20(19)29(26,27)25-12-7-4-8-13-25;/h5-6,9-10,18H,3-4,7-8,11-17H2,1-2H3,(H,22,23);1H. The maximum atomic E-state index is 13.2. The molecule has 0 amide bonds. The Bertz CT molecular complexity index is 797. The molecule has 0 saturated carbocycles. The highest BCUT2D eigenvalue weighted by Crippen LogP contribution is 2.24. The Hall–Kier alpha value is -0.910. The fraction of sp³-hybridized carbons (Fsp3) is 0.667. The molecule has 2 aliphatic heterocycles. The van der Waals surface area contributed by atoms with E-state index in [1.807, 2.05) is 19.1 Å². The Morgan fingerprint density at radius 3 is 2.63 bits per heavy atom. The SMILES string of the molecule is CCNC(=NCc1ccccc1S(=O)(=O)N1CCCCC1)N1CCC(COC)C1.I. The van der Waals surface area contributed by atoms with E-state index in [2.05, 4.69) is 10.2 Å². The van der Waals surface area contributed by atoms with E-state index in [0.717, 1.165) is 63.4 Å². The largest absolute Gasteiger partial charge is 0.384 e. The van der Waals surface area contributed by atoms with Gasteiger partial charge in [-0.3, -0.25) is 0 Å².